The van der Waals surface area contributed by atoms with Gasteiger partial charge in [-0.05, 0) is 36.8 Å². The predicted molar refractivity (Wildman–Crippen MR) is 88.7 cm³/mol. The Balaban J connectivity index is 2.43. The van der Waals surface area contributed by atoms with Crippen LogP contribution in [0.4, 0.5) is 0 Å². The van der Waals surface area contributed by atoms with Crippen LogP contribution in [0.1, 0.15) is 45.6 Å². The van der Waals surface area contributed by atoms with Crippen molar-refractivity contribution in [3.05, 3.63) is 23.8 Å². The van der Waals surface area contributed by atoms with Gasteiger partial charge in [-0.25, -0.2) is 0 Å². The molecule has 1 aliphatic carbocycles. The van der Waals surface area contributed by atoms with Gasteiger partial charge in [-0.15, -0.1) is 11.6 Å². The third kappa shape index (κ3) is 3.15. The van der Waals surface area contributed by atoms with E-state index < -0.39 is 0 Å². The molecule has 0 spiro atoms. The zero-order valence-corrected chi connectivity index (χ0v) is 14.5. The molecule has 118 valence electrons. The smallest absolute Gasteiger partial charge is 0.126 e. The normalized spacial score (nSPS) is 26.5. The van der Waals surface area contributed by atoms with E-state index in [1.54, 1.807) is 14.2 Å². The second kappa shape index (κ2) is 6.48. The Bertz CT molecular complexity index is 462. The lowest BCUT2D eigenvalue weighted by Crippen LogP contribution is -2.39. The quantitative estimate of drug-likeness (QED) is 0.727. The number of halogens is 1. The van der Waals surface area contributed by atoms with E-state index in [-0.39, 0.29) is 10.8 Å². The van der Waals surface area contributed by atoms with Crippen LogP contribution in [0, 0.1) is 11.8 Å². The van der Waals surface area contributed by atoms with Crippen molar-refractivity contribution in [3.8, 4) is 11.5 Å². The maximum Gasteiger partial charge on any atom is 0.126 e. The highest BCUT2D eigenvalue weighted by atomic mass is 35.5. The average Bonchev–Trinajstić information content (AvgIpc) is 2.45. The van der Waals surface area contributed by atoms with Crippen LogP contribution in [0.2, 0.25) is 0 Å². The Kier molecular flexibility index (Phi) is 5.08. The van der Waals surface area contributed by atoms with Crippen LogP contribution in [-0.4, -0.2) is 19.6 Å². The molecule has 3 heteroatoms. The number of rotatable bonds is 4. The second-order valence-electron chi connectivity index (χ2n) is 6.80. The van der Waals surface area contributed by atoms with Gasteiger partial charge < -0.3 is 9.47 Å². The zero-order valence-electron chi connectivity index (χ0n) is 13.8. The summed E-state index contributed by atoms with van der Waals surface area (Å²) in [5.41, 5.74) is 1.06. The van der Waals surface area contributed by atoms with Crippen molar-refractivity contribution in [2.24, 2.45) is 11.8 Å². The summed E-state index contributed by atoms with van der Waals surface area (Å²) in [5.74, 6) is 2.93. The van der Waals surface area contributed by atoms with Gasteiger partial charge in [-0.3, -0.25) is 0 Å². The Morgan fingerprint density at radius 2 is 1.67 bits per heavy atom. The molecule has 2 nitrogen and oxygen atoms in total. The average molecular weight is 311 g/mol. The molecule has 0 N–H and O–H groups in total. The van der Waals surface area contributed by atoms with Crippen molar-refractivity contribution in [1.29, 1.82) is 0 Å². The van der Waals surface area contributed by atoms with Crippen LogP contribution in [0.5, 0.6) is 11.5 Å². The van der Waals surface area contributed by atoms with Crippen molar-refractivity contribution in [2.75, 3.05) is 14.2 Å². The first-order valence-corrected chi connectivity index (χ1v) is 8.21. The third-order valence-corrected chi connectivity index (χ3v) is 5.52. The fraction of sp³-hybridized carbons (Fsp3) is 0.667. The van der Waals surface area contributed by atoms with Crippen molar-refractivity contribution >= 4 is 11.6 Å². The van der Waals surface area contributed by atoms with Gasteiger partial charge in [0.1, 0.15) is 11.5 Å². The molecule has 0 radical (unpaired) electrons. The summed E-state index contributed by atoms with van der Waals surface area (Å²) in [6.07, 6.45) is 3.49. The highest BCUT2D eigenvalue weighted by molar-refractivity contribution is 6.20. The molecule has 1 fully saturated rings. The number of hydrogen-bond acceptors (Lipinski definition) is 2. The third-order valence-electron chi connectivity index (χ3n) is 5.03. The molecule has 2 rings (SSSR count). The molecular formula is C18H27ClO2. The van der Waals surface area contributed by atoms with Gasteiger partial charge in [0, 0.05) is 16.4 Å². The second-order valence-corrected chi connectivity index (χ2v) is 7.36. The van der Waals surface area contributed by atoms with E-state index in [0.717, 1.165) is 35.8 Å². The lowest BCUT2D eigenvalue weighted by molar-refractivity contribution is 0.199. The first-order valence-electron chi connectivity index (χ1n) is 7.77. The van der Waals surface area contributed by atoms with E-state index in [4.69, 9.17) is 21.1 Å². The highest BCUT2D eigenvalue weighted by Gasteiger charge is 2.42. The Labute approximate surface area is 133 Å². The van der Waals surface area contributed by atoms with Gasteiger partial charge in [-0.2, -0.15) is 0 Å². The fourth-order valence-corrected chi connectivity index (χ4v) is 4.54. The van der Waals surface area contributed by atoms with Gasteiger partial charge in [0.25, 0.3) is 0 Å². The zero-order chi connectivity index (χ0) is 15.6. The van der Waals surface area contributed by atoms with Crippen molar-refractivity contribution in [2.45, 2.75) is 50.8 Å². The molecule has 21 heavy (non-hydrogen) atoms. The minimum atomic E-state index is -0.0789. The summed E-state index contributed by atoms with van der Waals surface area (Å²) in [6.45, 7) is 6.83. The van der Waals surface area contributed by atoms with E-state index in [9.17, 15) is 0 Å². The van der Waals surface area contributed by atoms with Crippen molar-refractivity contribution in [3.63, 3.8) is 0 Å². The molecule has 0 amide bonds. The molecule has 0 aromatic heterocycles. The summed E-state index contributed by atoms with van der Waals surface area (Å²) in [4.78, 5) is 0. The first-order chi connectivity index (χ1) is 9.91. The standard InChI is InChI=1S/C18H27ClO2/c1-12-9-10-13(14(19)11-12)18(2,3)17-15(20-4)7-6-8-16(17)21-5/h6-8,12-14H,9-11H2,1-5H3. The number of benzene rings is 1. The minimum Gasteiger partial charge on any atom is -0.496 e. The fourth-order valence-electron chi connectivity index (χ4n) is 3.80. The molecule has 1 aromatic rings. The molecule has 0 heterocycles. The largest absolute Gasteiger partial charge is 0.496 e. The minimum absolute atomic E-state index is 0.0789. The van der Waals surface area contributed by atoms with Gasteiger partial charge in [0.15, 0.2) is 0 Å². The van der Waals surface area contributed by atoms with Crippen molar-refractivity contribution in [1.82, 2.24) is 0 Å². The maximum absolute atomic E-state index is 6.72. The molecule has 0 saturated heterocycles. The molecule has 1 saturated carbocycles. The van der Waals surface area contributed by atoms with Crippen LogP contribution >= 0.6 is 11.6 Å². The monoisotopic (exact) mass is 310 g/mol. The Morgan fingerprint density at radius 3 is 2.14 bits per heavy atom. The van der Waals surface area contributed by atoms with E-state index in [0.29, 0.717) is 5.92 Å². The van der Waals surface area contributed by atoms with Gasteiger partial charge in [-0.1, -0.05) is 33.3 Å². The Morgan fingerprint density at radius 1 is 1.10 bits per heavy atom. The number of ether oxygens (including phenoxy) is 2. The molecule has 1 aromatic carbocycles. The molecule has 0 bridgehead atoms. The highest BCUT2D eigenvalue weighted by Crippen LogP contribution is 2.49. The SMILES string of the molecule is COc1cccc(OC)c1C(C)(C)C1CCC(C)CC1Cl. The summed E-state index contributed by atoms with van der Waals surface area (Å²) in [6, 6.07) is 5.99. The van der Waals surface area contributed by atoms with E-state index in [2.05, 4.69) is 20.8 Å². The Hall–Kier alpha value is -0.890. The summed E-state index contributed by atoms with van der Waals surface area (Å²) in [7, 11) is 3.44. The molecule has 3 atom stereocenters. The van der Waals surface area contributed by atoms with E-state index in [1.807, 2.05) is 18.2 Å². The van der Waals surface area contributed by atoms with Crippen LogP contribution in [0.25, 0.3) is 0 Å². The van der Waals surface area contributed by atoms with Crippen molar-refractivity contribution < 1.29 is 9.47 Å². The van der Waals surface area contributed by atoms with Crippen LogP contribution in [0.15, 0.2) is 18.2 Å². The van der Waals surface area contributed by atoms with E-state index >= 15 is 0 Å². The number of methoxy groups -OCH3 is 2. The van der Waals surface area contributed by atoms with Crippen LogP contribution < -0.4 is 9.47 Å². The van der Waals surface area contributed by atoms with Crippen LogP contribution in [0.3, 0.4) is 0 Å². The van der Waals surface area contributed by atoms with Gasteiger partial charge >= 0.3 is 0 Å². The first kappa shape index (κ1) is 16.5. The molecule has 1 aliphatic rings. The number of hydrogen-bond donors (Lipinski definition) is 0. The van der Waals surface area contributed by atoms with E-state index in [1.165, 1.54) is 6.42 Å². The number of alkyl halides is 1. The topological polar surface area (TPSA) is 18.5 Å². The summed E-state index contributed by atoms with van der Waals surface area (Å²) in [5, 5.41) is 0.207. The lowest BCUT2D eigenvalue weighted by atomic mass is 9.65. The predicted octanol–water partition coefficient (Wildman–Crippen LogP) is 5.03. The molecule has 3 unspecified atom stereocenters. The molecular weight excluding hydrogens is 284 g/mol. The van der Waals surface area contributed by atoms with Gasteiger partial charge in [0.05, 0.1) is 14.2 Å². The molecule has 0 aliphatic heterocycles. The lowest BCUT2D eigenvalue weighted by Gasteiger charge is -2.43. The van der Waals surface area contributed by atoms with Crippen LogP contribution in [-0.2, 0) is 5.41 Å². The van der Waals surface area contributed by atoms with Gasteiger partial charge in [0.2, 0.25) is 0 Å². The summed E-state index contributed by atoms with van der Waals surface area (Å²) < 4.78 is 11.2. The maximum atomic E-state index is 6.72. The summed E-state index contributed by atoms with van der Waals surface area (Å²) >= 11 is 6.72.